The van der Waals surface area contributed by atoms with Gasteiger partial charge in [0.15, 0.2) is 11.6 Å². The Kier molecular flexibility index (Phi) is 10.4. The van der Waals surface area contributed by atoms with Crippen LogP contribution >= 0.6 is 23.4 Å². The number of rotatable bonds is 8. The van der Waals surface area contributed by atoms with E-state index in [1.165, 1.54) is 18.2 Å². The summed E-state index contributed by atoms with van der Waals surface area (Å²) in [4.78, 5) is 29.0. The SMILES string of the molecule is C[C@@H]1CN(c2cc(Cl)ccc2NC(=O)c2ccc(CNC(=O)[C@H]3CSCCN3)c(F)c2F)CCN1CCC(F)(F)F. The fourth-order valence-electron chi connectivity index (χ4n) is 4.82. The summed E-state index contributed by atoms with van der Waals surface area (Å²) in [7, 11) is 0. The van der Waals surface area contributed by atoms with E-state index in [0.29, 0.717) is 48.3 Å². The first-order chi connectivity index (χ1) is 19.4. The second-order valence-electron chi connectivity index (χ2n) is 10.0. The molecule has 2 aliphatic rings. The predicted molar refractivity (Wildman–Crippen MR) is 151 cm³/mol. The Morgan fingerprint density at radius 3 is 2.61 bits per heavy atom. The number of hydrogen-bond donors (Lipinski definition) is 3. The van der Waals surface area contributed by atoms with Crippen LogP contribution in [0.2, 0.25) is 5.02 Å². The van der Waals surface area contributed by atoms with Crippen LogP contribution in [0.15, 0.2) is 30.3 Å². The summed E-state index contributed by atoms with van der Waals surface area (Å²) >= 11 is 7.83. The number of thioether (sulfide) groups is 1. The minimum atomic E-state index is -4.24. The molecule has 14 heteroatoms. The van der Waals surface area contributed by atoms with Gasteiger partial charge in [-0.05, 0) is 31.2 Å². The van der Waals surface area contributed by atoms with Crippen molar-refractivity contribution in [1.82, 2.24) is 15.5 Å². The third kappa shape index (κ3) is 8.24. The standard InChI is InChI=1S/C27H31ClF5N5O2S/c1-16-14-38(10-9-37(16)8-6-27(31,32)33)22-12-18(28)3-5-20(22)36-25(39)19-4-2-17(23(29)24(19)30)13-35-26(40)21-15-41-11-7-34-21/h2-5,12,16,21,34H,6-11,13-15H2,1H3,(H,35,40)(H,36,39)/t16-,21-/m1/s1. The molecule has 0 radical (unpaired) electrons. The molecular weight excluding hydrogens is 589 g/mol. The van der Waals surface area contributed by atoms with E-state index in [1.807, 2.05) is 11.8 Å². The maximum Gasteiger partial charge on any atom is 0.390 e. The van der Waals surface area contributed by atoms with E-state index in [0.717, 1.165) is 11.8 Å². The van der Waals surface area contributed by atoms with Gasteiger partial charge in [-0.3, -0.25) is 14.5 Å². The molecule has 2 aliphatic heterocycles. The molecule has 0 aliphatic carbocycles. The van der Waals surface area contributed by atoms with Gasteiger partial charge >= 0.3 is 6.18 Å². The molecular formula is C27H31ClF5N5O2S. The van der Waals surface area contributed by atoms with Gasteiger partial charge in [-0.15, -0.1) is 0 Å². The van der Waals surface area contributed by atoms with Gasteiger partial charge in [0.2, 0.25) is 5.91 Å². The van der Waals surface area contributed by atoms with E-state index < -0.39 is 41.7 Å². The van der Waals surface area contributed by atoms with Crippen molar-refractivity contribution in [3.63, 3.8) is 0 Å². The van der Waals surface area contributed by atoms with Crippen LogP contribution in [0.3, 0.4) is 0 Å². The summed E-state index contributed by atoms with van der Waals surface area (Å²) in [5.74, 6) is -2.30. The number of alkyl halides is 3. The molecule has 2 aromatic rings. The molecule has 3 N–H and O–H groups in total. The van der Waals surface area contributed by atoms with E-state index in [-0.39, 0.29) is 30.6 Å². The molecule has 2 saturated heterocycles. The molecule has 4 rings (SSSR count). The lowest BCUT2D eigenvalue weighted by Gasteiger charge is -2.41. The van der Waals surface area contributed by atoms with Crippen LogP contribution in [-0.2, 0) is 11.3 Å². The van der Waals surface area contributed by atoms with Crippen molar-refractivity contribution in [3.8, 4) is 0 Å². The lowest BCUT2D eigenvalue weighted by Crippen LogP contribution is -2.52. The molecule has 0 spiro atoms. The van der Waals surface area contributed by atoms with Gasteiger partial charge in [-0.2, -0.15) is 24.9 Å². The van der Waals surface area contributed by atoms with Crippen molar-refractivity contribution in [3.05, 3.63) is 58.1 Å². The Bertz CT molecular complexity index is 1260. The Balaban J connectivity index is 1.43. The van der Waals surface area contributed by atoms with E-state index in [1.54, 1.807) is 22.7 Å². The second kappa shape index (κ2) is 13.6. The molecule has 2 atom stereocenters. The summed E-state index contributed by atoms with van der Waals surface area (Å²) in [5, 5.41) is 8.65. The Morgan fingerprint density at radius 1 is 1.15 bits per heavy atom. The summed E-state index contributed by atoms with van der Waals surface area (Å²) in [5.41, 5.74) is 0.196. The van der Waals surface area contributed by atoms with Crippen LogP contribution in [0.5, 0.6) is 0 Å². The van der Waals surface area contributed by atoms with Crippen molar-refractivity contribution < 1.29 is 31.5 Å². The maximum atomic E-state index is 15.0. The quantitative estimate of drug-likeness (QED) is 0.374. The van der Waals surface area contributed by atoms with E-state index in [9.17, 15) is 31.5 Å². The minimum absolute atomic E-state index is 0.0968. The molecule has 0 unspecified atom stereocenters. The molecule has 41 heavy (non-hydrogen) atoms. The fraction of sp³-hybridized carbons (Fsp3) is 0.481. The number of nitrogens with zero attached hydrogens (tertiary/aromatic N) is 2. The van der Waals surface area contributed by atoms with Crippen molar-refractivity contribution in [2.75, 3.05) is 54.4 Å². The largest absolute Gasteiger partial charge is 0.390 e. The number of halogens is 6. The normalized spacial score (nSPS) is 20.1. The van der Waals surface area contributed by atoms with Gasteiger partial charge in [-0.25, -0.2) is 8.78 Å². The van der Waals surface area contributed by atoms with Gasteiger partial charge in [0.1, 0.15) is 0 Å². The van der Waals surface area contributed by atoms with E-state index in [4.69, 9.17) is 11.6 Å². The van der Waals surface area contributed by atoms with Crippen molar-refractivity contribution >= 4 is 46.6 Å². The van der Waals surface area contributed by atoms with Gasteiger partial charge in [0.05, 0.1) is 29.4 Å². The minimum Gasteiger partial charge on any atom is -0.367 e. The third-order valence-electron chi connectivity index (χ3n) is 7.09. The lowest BCUT2D eigenvalue weighted by molar-refractivity contribution is -0.139. The third-order valence-corrected chi connectivity index (χ3v) is 8.39. The average Bonchev–Trinajstić information content (AvgIpc) is 2.93. The first-order valence-electron chi connectivity index (χ1n) is 13.2. The first-order valence-corrected chi connectivity index (χ1v) is 14.7. The van der Waals surface area contributed by atoms with Crippen LogP contribution in [-0.4, -0.2) is 79.2 Å². The van der Waals surface area contributed by atoms with Crippen LogP contribution in [0.25, 0.3) is 0 Å². The van der Waals surface area contributed by atoms with Crippen LogP contribution in [0.4, 0.5) is 33.3 Å². The van der Waals surface area contributed by atoms with Crippen molar-refractivity contribution in [2.45, 2.75) is 38.1 Å². The molecule has 7 nitrogen and oxygen atoms in total. The number of carbonyl (C=O) groups is 2. The zero-order valence-corrected chi connectivity index (χ0v) is 23.9. The average molecular weight is 620 g/mol. The predicted octanol–water partition coefficient (Wildman–Crippen LogP) is 4.65. The Labute approximate surface area is 244 Å². The number of piperazine rings is 1. The van der Waals surface area contributed by atoms with E-state index in [2.05, 4.69) is 16.0 Å². The molecule has 2 amide bonds. The summed E-state index contributed by atoms with van der Waals surface area (Å²) in [6.07, 6.45) is -5.15. The topological polar surface area (TPSA) is 76.7 Å². The van der Waals surface area contributed by atoms with Gasteiger partial charge in [-0.1, -0.05) is 17.7 Å². The number of hydrogen-bond acceptors (Lipinski definition) is 6. The zero-order valence-electron chi connectivity index (χ0n) is 22.3. The highest BCUT2D eigenvalue weighted by molar-refractivity contribution is 7.99. The van der Waals surface area contributed by atoms with Gasteiger partial charge in [0, 0.05) is 67.4 Å². The van der Waals surface area contributed by atoms with Crippen LogP contribution in [0.1, 0.15) is 29.3 Å². The highest BCUT2D eigenvalue weighted by atomic mass is 35.5. The Morgan fingerprint density at radius 2 is 1.93 bits per heavy atom. The molecule has 2 fully saturated rings. The second-order valence-corrected chi connectivity index (χ2v) is 11.6. The van der Waals surface area contributed by atoms with Crippen molar-refractivity contribution in [2.24, 2.45) is 0 Å². The number of benzene rings is 2. The molecule has 2 heterocycles. The summed E-state index contributed by atoms with van der Waals surface area (Å²) in [6, 6.07) is 6.46. The molecule has 0 bridgehead atoms. The maximum absolute atomic E-state index is 15.0. The van der Waals surface area contributed by atoms with Crippen molar-refractivity contribution in [1.29, 1.82) is 0 Å². The zero-order chi connectivity index (χ0) is 29.7. The molecule has 0 aromatic heterocycles. The lowest BCUT2D eigenvalue weighted by atomic mass is 10.1. The summed E-state index contributed by atoms with van der Waals surface area (Å²) in [6.45, 7) is 3.27. The highest BCUT2D eigenvalue weighted by Gasteiger charge is 2.32. The van der Waals surface area contributed by atoms with Gasteiger partial charge < -0.3 is 20.9 Å². The van der Waals surface area contributed by atoms with Gasteiger partial charge in [0.25, 0.3) is 5.91 Å². The van der Waals surface area contributed by atoms with Crippen LogP contribution in [0, 0.1) is 11.6 Å². The number of carbonyl (C=O) groups excluding carboxylic acids is 2. The Hall–Kier alpha value is -2.61. The number of amides is 2. The molecule has 0 saturated carbocycles. The number of anilines is 2. The highest BCUT2D eigenvalue weighted by Crippen LogP contribution is 2.32. The fourth-order valence-corrected chi connectivity index (χ4v) is 5.92. The summed E-state index contributed by atoms with van der Waals surface area (Å²) < 4.78 is 67.9. The smallest absolute Gasteiger partial charge is 0.367 e. The van der Waals surface area contributed by atoms with E-state index >= 15 is 0 Å². The van der Waals surface area contributed by atoms with Crippen LogP contribution < -0.4 is 20.9 Å². The number of nitrogens with one attached hydrogen (secondary N) is 3. The molecule has 224 valence electrons. The monoisotopic (exact) mass is 619 g/mol. The molecule has 2 aromatic carbocycles. The first kappa shape index (κ1) is 31.3.